The Morgan fingerprint density at radius 2 is 1.92 bits per heavy atom. The lowest BCUT2D eigenvalue weighted by atomic mass is 9.80. The Hall–Kier alpha value is -0.585. The van der Waals surface area contributed by atoms with E-state index >= 15 is 0 Å². The van der Waals surface area contributed by atoms with E-state index in [2.05, 4.69) is 0 Å². The third-order valence-electron chi connectivity index (χ3n) is 1.56. The number of benzene rings is 1. The zero-order chi connectivity index (χ0) is 10.0. The Morgan fingerprint density at radius 1 is 1.31 bits per heavy atom. The highest BCUT2D eigenvalue weighted by molar-refractivity contribution is 7.98. The average Bonchev–Trinajstić information content (AvgIpc) is 2.09. The topological polar surface area (TPSA) is 40.5 Å². The van der Waals surface area contributed by atoms with E-state index in [1.807, 2.05) is 0 Å². The summed E-state index contributed by atoms with van der Waals surface area (Å²) in [5.74, 6) is -2.04. The lowest BCUT2D eigenvalue weighted by Crippen LogP contribution is -2.32. The maximum atomic E-state index is 13.0. The minimum atomic E-state index is -1.78. The fourth-order valence-corrected chi connectivity index (χ4v) is 1.64. The molecule has 0 spiro atoms. The van der Waals surface area contributed by atoms with Gasteiger partial charge in [-0.2, -0.15) is 0 Å². The van der Waals surface area contributed by atoms with E-state index in [4.69, 9.17) is 10.0 Å². The van der Waals surface area contributed by atoms with E-state index in [-0.39, 0.29) is 10.4 Å². The number of hydrogen-bond donors (Lipinski definition) is 2. The van der Waals surface area contributed by atoms with Crippen LogP contribution in [0.1, 0.15) is 0 Å². The Balaban J connectivity index is 3.30. The molecule has 70 valence electrons. The monoisotopic (exact) mass is 204 g/mol. The van der Waals surface area contributed by atoms with Gasteiger partial charge in [-0.1, -0.05) is 6.07 Å². The summed E-state index contributed by atoms with van der Waals surface area (Å²) in [6.45, 7) is 0. The molecule has 0 fully saturated rings. The highest BCUT2D eigenvalue weighted by Gasteiger charge is 2.20. The summed E-state index contributed by atoms with van der Waals surface area (Å²) in [6.07, 6.45) is 1.53. The van der Waals surface area contributed by atoms with Gasteiger partial charge in [0.25, 0.3) is 0 Å². The number of thioether (sulfide) groups is 1. The van der Waals surface area contributed by atoms with E-state index in [1.165, 1.54) is 6.26 Å². The zero-order valence-corrected chi connectivity index (χ0v) is 7.61. The van der Waals surface area contributed by atoms with E-state index in [0.29, 0.717) is 0 Å². The SMILES string of the molecule is CSc1c(B(O)O)ccc(F)c1F. The highest BCUT2D eigenvalue weighted by Crippen LogP contribution is 2.19. The Kier molecular flexibility index (Phi) is 3.30. The van der Waals surface area contributed by atoms with Crippen LogP contribution in [-0.4, -0.2) is 23.4 Å². The zero-order valence-electron chi connectivity index (χ0n) is 6.79. The summed E-state index contributed by atoms with van der Waals surface area (Å²) in [5.41, 5.74) is -0.0219. The first-order chi connectivity index (χ1) is 6.07. The molecule has 13 heavy (non-hydrogen) atoms. The Morgan fingerprint density at radius 3 is 2.38 bits per heavy atom. The summed E-state index contributed by atoms with van der Waals surface area (Å²) in [7, 11) is -1.78. The number of rotatable bonds is 2. The molecule has 1 rings (SSSR count). The highest BCUT2D eigenvalue weighted by atomic mass is 32.2. The van der Waals surface area contributed by atoms with Crippen LogP contribution < -0.4 is 5.46 Å². The third-order valence-corrected chi connectivity index (χ3v) is 2.39. The molecule has 1 aromatic carbocycles. The molecule has 0 aliphatic carbocycles. The first-order valence-corrected chi connectivity index (χ1v) is 4.68. The van der Waals surface area contributed by atoms with Crippen molar-refractivity contribution in [1.29, 1.82) is 0 Å². The van der Waals surface area contributed by atoms with Crippen LogP contribution in [-0.2, 0) is 0 Å². The molecular weight excluding hydrogens is 197 g/mol. The summed E-state index contributed by atoms with van der Waals surface area (Å²) < 4.78 is 25.7. The summed E-state index contributed by atoms with van der Waals surface area (Å²) >= 11 is 0.930. The fraction of sp³-hybridized carbons (Fsp3) is 0.143. The van der Waals surface area contributed by atoms with Gasteiger partial charge >= 0.3 is 7.12 Å². The van der Waals surface area contributed by atoms with Crippen molar-refractivity contribution in [3.63, 3.8) is 0 Å². The minimum Gasteiger partial charge on any atom is -0.423 e. The van der Waals surface area contributed by atoms with Crippen molar-refractivity contribution in [3.05, 3.63) is 23.8 Å². The molecule has 1 aromatic rings. The van der Waals surface area contributed by atoms with Crippen LogP contribution in [0.3, 0.4) is 0 Å². The van der Waals surface area contributed by atoms with E-state index in [0.717, 1.165) is 23.9 Å². The Labute approximate surface area is 78.7 Å². The summed E-state index contributed by atoms with van der Waals surface area (Å²) in [5, 5.41) is 17.6. The summed E-state index contributed by atoms with van der Waals surface area (Å²) in [4.78, 5) is -0.0741. The van der Waals surface area contributed by atoms with Crippen molar-refractivity contribution in [1.82, 2.24) is 0 Å². The van der Waals surface area contributed by atoms with E-state index in [9.17, 15) is 8.78 Å². The minimum absolute atomic E-state index is 0.0219. The van der Waals surface area contributed by atoms with Crippen molar-refractivity contribution < 1.29 is 18.8 Å². The van der Waals surface area contributed by atoms with Gasteiger partial charge in [0.2, 0.25) is 0 Å². The van der Waals surface area contributed by atoms with Gasteiger partial charge in [-0.25, -0.2) is 8.78 Å². The molecule has 0 unspecified atom stereocenters. The van der Waals surface area contributed by atoms with E-state index in [1.54, 1.807) is 0 Å². The molecule has 2 N–H and O–H groups in total. The molecule has 0 bridgehead atoms. The average molecular weight is 204 g/mol. The molecule has 2 nitrogen and oxygen atoms in total. The second kappa shape index (κ2) is 4.08. The van der Waals surface area contributed by atoms with E-state index < -0.39 is 18.8 Å². The lowest BCUT2D eigenvalue weighted by Gasteiger charge is -2.07. The van der Waals surface area contributed by atoms with Crippen LogP contribution in [0.2, 0.25) is 0 Å². The van der Waals surface area contributed by atoms with Crippen molar-refractivity contribution in [3.8, 4) is 0 Å². The molecule has 6 heteroatoms. The second-order valence-corrected chi connectivity index (χ2v) is 3.17. The van der Waals surface area contributed by atoms with Gasteiger partial charge < -0.3 is 10.0 Å². The molecule has 0 aliphatic rings. The first-order valence-electron chi connectivity index (χ1n) is 3.46. The largest absolute Gasteiger partial charge is 0.489 e. The molecular formula is C7H7BF2O2S. The number of hydrogen-bond acceptors (Lipinski definition) is 3. The van der Waals surface area contributed by atoms with Crippen molar-refractivity contribution in [2.45, 2.75) is 4.90 Å². The predicted molar refractivity (Wildman–Crippen MR) is 48.0 cm³/mol. The molecule has 0 aromatic heterocycles. The van der Waals surface area contributed by atoms with Crippen LogP contribution in [0.15, 0.2) is 17.0 Å². The lowest BCUT2D eigenvalue weighted by molar-refractivity contribution is 0.422. The van der Waals surface area contributed by atoms with Crippen LogP contribution in [0.25, 0.3) is 0 Å². The normalized spacial score (nSPS) is 10.2. The van der Waals surface area contributed by atoms with Crippen LogP contribution in [0.4, 0.5) is 8.78 Å². The molecule has 0 heterocycles. The van der Waals surface area contributed by atoms with Crippen molar-refractivity contribution >= 4 is 24.3 Å². The molecule has 0 saturated heterocycles. The molecule has 0 aliphatic heterocycles. The van der Waals surface area contributed by atoms with Crippen molar-refractivity contribution in [2.24, 2.45) is 0 Å². The maximum Gasteiger partial charge on any atom is 0.489 e. The van der Waals surface area contributed by atoms with Gasteiger partial charge in [0.05, 0.1) is 0 Å². The second-order valence-electron chi connectivity index (χ2n) is 2.36. The van der Waals surface area contributed by atoms with Gasteiger partial charge in [-0.3, -0.25) is 0 Å². The van der Waals surface area contributed by atoms with Crippen LogP contribution >= 0.6 is 11.8 Å². The predicted octanol–water partition coefficient (Wildman–Crippen LogP) is 0.367. The molecule has 0 radical (unpaired) electrons. The standard InChI is InChI=1S/C7H7BF2O2S/c1-13-7-4(8(11)12)2-3-5(9)6(7)10/h2-3,11-12H,1H3. The molecule has 0 saturated carbocycles. The van der Waals surface area contributed by atoms with Gasteiger partial charge in [0.15, 0.2) is 11.6 Å². The van der Waals surface area contributed by atoms with Crippen LogP contribution in [0.5, 0.6) is 0 Å². The maximum absolute atomic E-state index is 13.0. The fourth-order valence-electron chi connectivity index (χ4n) is 0.958. The molecule has 0 amide bonds. The van der Waals surface area contributed by atoms with Gasteiger partial charge in [0.1, 0.15) is 0 Å². The quantitative estimate of drug-likeness (QED) is 0.540. The van der Waals surface area contributed by atoms with Gasteiger partial charge in [0, 0.05) is 4.90 Å². The first kappa shape index (κ1) is 10.5. The summed E-state index contributed by atoms with van der Waals surface area (Å²) in [6, 6.07) is 2.01. The molecule has 0 atom stereocenters. The Bertz CT molecular complexity index is 320. The van der Waals surface area contributed by atoms with Crippen molar-refractivity contribution in [2.75, 3.05) is 6.26 Å². The van der Waals surface area contributed by atoms with Gasteiger partial charge in [-0.15, -0.1) is 11.8 Å². The van der Waals surface area contributed by atoms with Crippen LogP contribution in [0, 0.1) is 11.6 Å². The third kappa shape index (κ3) is 2.01. The van der Waals surface area contributed by atoms with Gasteiger partial charge in [-0.05, 0) is 17.8 Å². The smallest absolute Gasteiger partial charge is 0.423 e. The number of halogens is 2.